The van der Waals surface area contributed by atoms with Gasteiger partial charge in [0, 0.05) is 72.7 Å². The van der Waals surface area contributed by atoms with Gasteiger partial charge in [0.15, 0.2) is 11.3 Å². The minimum atomic E-state index is -1.25. The van der Waals surface area contributed by atoms with E-state index in [0.29, 0.717) is 81.2 Å². The van der Waals surface area contributed by atoms with Crippen molar-refractivity contribution in [1.82, 2.24) is 53.9 Å². The summed E-state index contributed by atoms with van der Waals surface area (Å²) >= 11 is 3.41. The molecule has 0 aliphatic carbocycles. The smallest absolute Gasteiger partial charge is 0.339 e. The topological polar surface area (TPSA) is 248 Å². The highest BCUT2D eigenvalue weighted by Crippen LogP contribution is 2.31. The van der Waals surface area contributed by atoms with Gasteiger partial charge in [-0.25, -0.2) is 33.5 Å². The van der Waals surface area contributed by atoms with Gasteiger partial charge in [-0.2, -0.15) is 33.7 Å². The Hall–Kier alpha value is -5.65. The molecule has 0 saturated heterocycles. The normalized spacial score (nSPS) is 12.7. The molecule has 1 amide bonds. The van der Waals surface area contributed by atoms with Crippen molar-refractivity contribution in [3.8, 4) is 22.8 Å². The number of nitrogens with one attached hydrogen (secondary N) is 1. The van der Waals surface area contributed by atoms with Gasteiger partial charge in [-0.3, -0.25) is 14.2 Å². The summed E-state index contributed by atoms with van der Waals surface area (Å²) in [5, 5.41) is 41.2. The highest BCUT2D eigenvalue weighted by atomic mass is 32.2. The number of nitrogens with zero attached hydrogens (tertiary/aromatic N) is 10. The lowest BCUT2D eigenvalue weighted by molar-refractivity contribution is 0.0695. The number of benzene rings is 2. The van der Waals surface area contributed by atoms with Crippen LogP contribution in [-0.2, 0) is 37.0 Å². The van der Waals surface area contributed by atoms with Crippen LogP contribution in [0.2, 0.25) is 51.4 Å². The molecule has 8 rings (SSSR count). The van der Waals surface area contributed by atoms with Crippen molar-refractivity contribution in [3.63, 3.8) is 0 Å². The fourth-order valence-corrected chi connectivity index (χ4v) is 10.4. The molecule has 6 heterocycles. The van der Waals surface area contributed by atoms with Crippen LogP contribution >= 0.6 is 23.5 Å². The Balaban J connectivity index is 0.000000222. The first-order valence-corrected chi connectivity index (χ1v) is 35.4. The zero-order chi connectivity index (χ0) is 56.2. The second-order valence-electron chi connectivity index (χ2n) is 21.0. The number of amides is 1. The van der Waals surface area contributed by atoms with Crippen molar-refractivity contribution < 1.29 is 43.2 Å². The zero-order valence-corrected chi connectivity index (χ0v) is 49.1. The molecule has 77 heavy (non-hydrogen) atoms. The maximum atomic E-state index is 13.8. The lowest BCUT2D eigenvalue weighted by Gasteiger charge is -2.15. The van der Waals surface area contributed by atoms with Gasteiger partial charge in [-0.15, -0.1) is 0 Å². The Morgan fingerprint density at radius 3 is 1.60 bits per heavy atom. The number of aliphatic hydroxyl groups excluding tert-OH is 2. The van der Waals surface area contributed by atoms with Gasteiger partial charge in [0.1, 0.15) is 64.5 Å². The van der Waals surface area contributed by atoms with Crippen LogP contribution in [0, 0.1) is 11.6 Å². The van der Waals surface area contributed by atoms with Crippen LogP contribution in [0.5, 0.6) is 0 Å². The molecule has 8 aromatic rings. The molecule has 25 heteroatoms. The minimum Gasteiger partial charge on any atom is -0.478 e. The van der Waals surface area contributed by atoms with Gasteiger partial charge in [-0.05, 0) is 85.3 Å². The van der Waals surface area contributed by atoms with Crippen molar-refractivity contribution >= 4 is 95.7 Å². The average Bonchev–Trinajstić information content (AvgIpc) is 4.14. The molecular weight excluding hydrogens is 1060 g/mol. The van der Waals surface area contributed by atoms with Gasteiger partial charge in [-0.1, -0.05) is 39.3 Å². The Bertz CT molecular complexity index is 3290. The minimum absolute atomic E-state index is 0.0116. The van der Waals surface area contributed by atoms with Crippen molar-refractivity contribution in [2.75, 3.05) is 50.4 Å². The predicted octanol–water partition coefficient (Wildman–Crippen LogP) is 8.47. The quantitative estimate of drug-likeness (QED) is 0.0298. The highest BCUT2D eigenvalue weighted by molar-refractivity contribution is 7.98. The molecule has 2 aromatic carbocycles. The summed E-state index contributed by atoms with van der Waals surface area (Å²) in [4.78, 5) is 43.6. The van der Waals surface area contributed by atoms with Crippen molar-refractivity contribution in [1.29, 1.82) is 0 Å². The zero-order valence-electron chi connectivity index (χ0n) is 45.5. The number of nitrogens with two attached hydrogens (primary N) is 1. The summed E-state index contributed by atoms with van der Waals surface area (Å²) in [6, 6.07) is 10.5. The van der Waals surface area contributed by atoms with E-state index in [2.05, 4.69) is 69.7 Å². The number of thioether (sulfide) groups is 2. The van der Waals surface area contributed by atoms with Crippen molar-refractivity contribution in [3.05, 3.63) is 83.9 Å². The summed E-state index contributed by atoms with van der Waals surface area (Å²) in [5.41, 5.74) is 10.6. The Morgan fingerprint density at radius 2 is 1.17 bits per heavy atom. The van der Waals surface area contributed by atoms with E-state index < -0.39 is 22.1 Å². The number of fused-ring (bicyclic) bond motifs is 4. The van der Waals surface area contributed by atoms with Gasteiger partial charge < -0.3 is 45.0 Å². The fourth-order valence-electron chi connectivity index (χ4n) is 7.87. The molecule has 0 fully saturated rings. The van der Waals surface area contributed by atoms with Crippen LogP contribution in [-0.4, -0.2) is 155 Å². The van der Waals surface area contributed by atoms with Crippen LogP contribution in [0.1, 0.15) is 33.6 Å². The molecular formula is C52H72F2N12O7S2Si2. The number of ether oxygens (including phenoxy) is 2. The molecule has 0 unspecified atom stereocenters. The Labute approximate surface area is 457 Å². The Morgan fingerprint density at radius 1 is 0.714 bits per heavy atom. The lowest BCUT2D eigenvalue weighted by atomic mass is 10.1. The number of hydrogen-bond acceptors (Lipinski definition) is 15. The van der Waals surface area contributed by atoms with Crippen LogP contribution in [0.3, 0.4) is 0 Å². The lowest BCUT2D eigenvalue weighted by Crippen LogP contribution is -2.37. The van der Waals surface area contributed by atoms with Crippen LogP contribution < -0.4 is 11.1 Å². The summed E-state index contributed by atoms with van der Waals surface area (Å²) in [7, 11) is 0.992. The number of aromatic nitrogens is 10. The summed E-state index contributed by atoms with van der Waals surface area (Å²) in [6.07, 6.45) is 11.9. The van der Waals surface area contributed by atoms with E-state index in [-0.39, 0.29) is 67.4 Å². The number of carbonyl (C=O) groups is 2. The first-order chi connectivity index (χ1) is 36.6. The van der Waals surface area contributed by atoms with Crippen LogP contribution in [0.25, 0.3) is 66.9 Å². The number of carbonyl (C=O) groups excluding carboxylic acids is 1. The molecule has 2 atom stereocenters. The van der Waals surface area contributed by atoms with Crippen molar-refractivity contribution in [2.24, 2.45) is 19.8 Å². The molecule has 0 aliphatic heterocycles. The molecule has 19 nitrogen and oxygen atoms in total. The number of aliphatic hydroxyl groups is 2. The molecule has 0 radical (unpaired) electrons. The number of aromatic carboxylic acids is 1. The first-order valence-electron chi connectivity index (χ1n) is 25.2. The first kappa shape index (κ1) is 60.6. The van der Waals surface area contributed by atoms with Gasteiger partial charge in [0.05, 0.1) is 48.2 Å². The molecule has 0 spiro atoms. The molecule has 0 bridgehead atoms. The van der Waals surface area contributed by atoms with E-state index >= 15 is 0 Å². The van der Waals surface area contributed by atoms with E-state index in [1.165, 1.54) is 30.5 Å². The van der Waals surface area contributed by atoms with Gasteiger partial charge in [0.2, 0.25) is 0 Å². The highest BCUT2D eigenvalue weighted by Gasteiger charge is 2.24. The van der Waals surface area contributed by atoms with Crippen LogP contribution in [0.4, 0.5) is 8.78 Å². The maximum absolute atomic E-state index is 13.8. The number of aryl methyl sites for hydroxylation is 2. The SMILES string of the molecule is CSCC[C@@H](CO)NC(=O)c1cn(COCC[Si](C)(C)C)c2ncc(-c3nn(C)c4cc(F)ccc34)nc12.CSCC[C@H](N)CO.Cn1nc(-c2cnc3c(n2)c(C(=O)O)cn3COCC[Si](C)(C)C)c2ccc(F)cc21. The molecule has 0 aliphatic rings. The van der Waals surface area contributed by atoms with E-state index in [1.807, 2.05) is 12.5 Å². The number of halogens is 2. The molecule has 6 aromatic heterocycles. The number of carboxylic acids is 1. The molecule has 416 valence electrons. The third kappa shape index (κ3) is 16.2. The van der Waals surface area contributed by atoms with Crippen molar-refractivity contribution in [2.45, 2.75) is 89.8 Å². The van der Waals surface area contributed by atoms with Crippen LogP contribution in [0.15, 0.2) is 61.2 Å². The third-order valence-electron chi connectivity index (χ3n) is 12.3. The second kappa shape index (κ2) is 27.3. The summed E-state index contributed by atoms with van der Waals surface area (Å²) in [5.74, 6) is -0.278. The molecule has 6 N–H and O–H groups in total. The fraction of sp³-hybridized carbons (Fsp3) is 0.462. The standard InChI is InChI=1S/C26H35FN6O3SSi.C21H24FN5O3Si.C5H13NOS/c1-32-22-12-17(27)6-7-19(22)23(31-32)21-13-28-25-24(30-21)20(26(35)29-18(15-34)8-10-37-2)14-33(25)16-36-9-11-38(3,4)5;1-26-17-9-13(22)5-6-14(17)18(25-26)16-10-23-20-19(24-16)15(21(28)29)11-27(20)12-30-7-8-31(2,3)4;1-8-3-2-5(6)4-7/h6-7,12-14,18,34H,8-11,15-16H2,1-5H3,(H,29,35);5-6,9-11H,7-8,12H2,1-4H3,(H,28,29);5,7H,2-4,6H2,1H3/t18-;;5-/m0.0/s1. The average molecular weight is 1140 g/mol. The number of hydrogen-bond donors (Lipinski definition) is 5. The summed E-state index contributed by atoms with van der Waals surface area (Å²) < 4.78 is 45.8. The third-order valence-corrected chi connectivity index (χ3v) is 17.0. The number of carboxylic acid groups (broad SMARTS) is 1. The summed E-state index contributed by atoms with van der Waals surface area (Å²) in [6.45, 7) is 15.3. The van der Waals surface area contributed by atoms with E-state index in [9.17, 15) is 28.6 Å². The monoisotopic (exact) mass is 1130 g/mol. The molecule has 0 saturated carbocycles. The van der Waals surface area contributed by atoms with Gasteiger partial charge in [0.25, 0.3) is 5.91 Å². The predicted molar refractivity (Wildman–Crippen MR) is 309 cm³/mol. The van der Waals surface area contributed by atoms with Gasteiger partial charge >= 0.3 is 5.97 Å². The van der Waals surface area contributed by atoms with E-state index in [1.54, 1.807) is 86.8 Å². The maximum Gasteiger partial charge on any atom is 0.339 e. The van der Waals surface area contributed by atoms with E-state index in [4.69, 9.17) is 25.3 Å². The largest absolute Gasteiger partial charge is 0.478 e. The number of rotatable bonds is 23. The Kier molecular flexibility index (Phi) is 21.5. The van der Waals surface area contributed by atoms with E-state index in [0.717, 1.165) is 35.4 Å². The second-order valence-corrected chi connectivity index (χ2v) is 34.2.